The zero-order valence-corrected chi connectivity index (χ0v) is 6.16. The summed E-state index contributed by atoms with van der Waals surface area (Å²) in [7, 11) is 0. The maximum absolute atomic E-state index is 5.16. The molecule has 0 aliphatic rings. The average Bonchev–Trinajstić information content (AvgIpc) is 2.50. The van der Waals surface area contributed by atoms with E-state index in [4.69, 9.17) is 10.5 Å². The van der Waals surface area contributed by atoms with E-state index in [1.807, 2.05) is 0 Å². The first-order chi connectivity index (χ1) is 5.43. The van der Waals surface area contributed by atoms with Crippen LogP contribution in [0.5, 0.6) is 0 Å². The van der Waals surface area contributed by atoms with E-state index in [0.717, 1.165) is 5.82 Å². The molecule has 3 N–H and O–H groups in total. The van der Waals surface area contributed by atoms with Crippen LogP contribution in [0.2, 0.25) is 0 Å². The lowest BCUT2D eigenvalue weighted by Gasteiger charge is -1.95. The van der Waals surface area contributed by atoms with Gasteiger partial charge in [-0.25, -0.2) is 4.98 Å². The Labute approximate surface area is 65.1 Å². The minimum absolute atomic E-state index is 0.497. The number of nitrogens with one attached hydrogen (secondary N) is 1. The number of rotatable bonds is 4. The lowest BCUT2D eigenvalue weighted by atomic mass is 10.6. The van der Waals surface area contributed by atoms with Gasteiger partial charge in [0, 0.05) is 12.4 Å². The van der Waals surface area contributed by atoms with Gasteiger partial charge < -0.3 is 15.5 Å². The van der Waals surface area contributed by atoms with Gasteiger partial charge in [0.15, 0.2) is 0 Å². The fourth-order valence-corrected chi connectivity index (χ4v) is 0.656. The van der Waals surface area contributed by atoms with Gasteiger partial charge in [-0.3, -0.25) is 0 Å². The van der Waals surface area contributed by atoms with Gasteiger partial charge in [0.2, 0.25) is 0 Å². The predicted octanol–water partition coefficient (Wildman–Crippen LogP) is 0.399. The zero-order chi connectivity index (χ0) is 7.94. The summed E-state index contributed by atoms with van der Waals surface area (Å²) in [5.74, 6) is 0.829. The standard InChI is InChI=1S/C7H11N3O/c8-2-1-5-11-6-7-9-3-4-10-7/h1-4H,5-6,8H2,(H,9,10). The van der Waals surface area contributed by atoms with Gasteiger partial charge in [0.05, 0.1) is 6.61 Å². The molecule has 1 rings (SSSR count). The van der Waals surface area contributed by atoms with Crippen LogP contribution >= 0.6 is 0 Å². The first-order valence-corrected chi connectivity index (χ1v) is 3.36. The van der Waals surface area contributed by atoms with E-state index in [-0.39, 0.29) is 0 Å². The van der Waals surface area contributed by atoms with Crippen LogP contribution in [0.25, 0.3) is 0 Å². The van der Waals surface area contributed by atoms with Crippen molar-refractivity contribution in [2.75, 3.05) is 6.61 Å². The van der Waals surface area contributed by atoms with Gasteiger partial charge in [-0.2, -0.15) is 0 Å². The van der Waals surface area contributed by atoms with Gasteiger partial charge in [-0.05, 0) is 12.3 Å². The summed E-state index contributed by atoms with van der Waals surface area (Å²) < 4.78 is 5.16. The van der Waals surface area contributed by atoms with Crippen LogP contribution in [0.15, 0.2) is 24.7 Å². The molecule has 0 fully saturated rings. The second kappa shape index (κ2) is 4.51. The number of hydrogen-bond donors (Lipinski definition) is 2. The Kier molecular flexibility index (Phi) is 3.21. The van der Waals surface area contributed by atoms with Crippen molar-refractivity contribution in [3.05, 3.63) is 30.5 Å². The molecule has 4 heteroatoms. The van der Waals surface area contributed by atoms with Crippen molar-refractivity contribution in [2.45, 2.75) is 6.61 Å². The van der Waals surface area contributed by atoms with Crippen LogP contribution in [-0.2, 0) is 11.3 Å². The topological polar surface area (TPSA) is 63.9 Å². The minimum Gasteiger partial charge on any atom is -0.405 e. The van der Waals surface area contributed by atoms with Crippen molar-refractivity contribution in [1.82, 2.24) is 9.97 Å². The van der Waals surface area contributed by atoms with Crippen LogP contribution in [-0.4, -0.2) is 16.6 Å². The highest BCUT2D eigenvalue weighted by Crippen LogP contribution is 1.90. The summed E-state index contributed by atoms with van der Waals surface area (Å²) >= 11 is 0. The van der Waals surface area contributed by atoms with Gasteiger partial charge in [0.1, 0.15) is 12.4 Å². The molecular weight excluding hydrogens is 142 g/mol. The Morgan fingerprint density at radius 1 is 1.73 bits per heavy atom. The van der Waals surface area contributed by atoms with Gasteiger partial charge >= 0.3 is 0 Å². The smallest absolute Gasteiger partial charge is 0.132 e. The van der Waals surface area contributed by atoms with Gasteiger partial charge in [0.25, 0.3) is 0 Å². The monoisotopic (exact) mass is 153 g/mol. The van der Waals surface area contributed by atoms with Crippen molar-refractivity contribution < 1.29 is 4.74 Å². The van der Waals surface area contributed by atoms with E-state index in [0.29, 0.717) is 13.2 Å². The van der Waals surface area contributed by atoms with Crippen molar-refractivity contribution >= 4 is 0 Å². The number of hydrogen-bond acceptors (Lipinski definition) is 3. The van der Waals surface area contributed by atoms with Gasteiger partial charge in [-0.1, -0.05) is 0 Å². The number of imidazole rings is 1. The number of aromatic nitrogens is 2. The van der Waals surface area contributed by atoms with E-state index in [1.165, 1.54) is 6.20 Å². The summed E-state index contributed by atoms with van der Waals surface area (Å²) in [6.07, 6.45) is 6.65. The Morgan fingerprint density at radius 3 is 3.27 bits per heavy atom. The molecule has 0 bridgehead atoms. The molecule has 0 aliphatic heterocycles. The van der Waals surface area contributed by atoms with E-state index >= 15 is 0 Å². The average molecular weight is 153 g/mol. The second-order valence-electron chi connectivity index (χ2n) is 1.98. The Bertz CT molecular complexity index is 205. The zero-order valence-electron chi connectivity index (χ0n) is 6.16. The molecule has 60 valence electrons. The molecule has 4 nitrogen and oxygen atoms in total. The third kappa shape index (κ3) is 2.86. The molecule has 1 heterocycles. The Hall–Kier alpha value is -1.29. The highest BCUT2D eigenvalue weighted by atomic mass is 16.5. The molecule has 0 spiro atoms. The van der Waals surface area contributed by atoms with Crippen molar-refractivity contribution in [3.8, 4) is 0 Å². The van der Waals surface area contributed by atoms with Crippen molar-refractivity contribution in [2.24, 2.45) is 5.73 Å². The molecule has 0 saturated heterocycles. The molecule has 0 atom stereocenters. The van der Waals surface area contributed by atoms with E-state index in [2.05, 4.69) is 9.97 Å². The number of ether oxygens (including phenoxy) is 1. The minimum atomic E-state index is 0.497. The lowest BCUT2D eigenvalue weighted by molar-refractivity contribution is 0.143. The number of H-pyrrole nitrogens is 1. The highest BCUT2D eigenvalue weighted by molar-refractivity contribution is 4.84. The van der Waals surface area contributed by atoms with Crippen molar-refractivity contribution in [1.29, 1.82) is 0 Å². The first-order valence-electron chi connectivity index (χ1n) is 3.36. The maximum Gasteiger partial charge on any atom is 0.132 e. The van der Waals surface area contributed by atoms with Crippen LogP contribution in [0.1, 0.15) is 5.82 Å². The molecule has 0 unspecified atom stereocenters. The molecule has 0 radical (unpaired) electrons. The number of nitrogens with zero attached hydrogens (tertiary/aromatic N) is 1. The molecule has 11 heavy (non-hydrogen) atoms. The molecule has 0 saturated carbocycles. The highest BCUT2D eigenvalue weighted by Gasteiger charge is 1.90. The van der Waals surface area contributed by atoms with Crippen LogP contribution < -0.4 is 5.73 Å². The normalized spacial score (nSPS) is 10.9. The summed E-state index contributed by atoms with van der Waals surface area (Å²) in [4.78, 5) is 6.90. The summed E-state index contributed by atoms with van der Waals surface area (Å²) in [5, 5.41) is 0. The summed E-state index contributed by atoms with van der Waals surface area (Å²) in [5.41, 5.74) is 5.10. The van der Waals surface area contributed by atoms with E-state index < -0.39 is 0 Å². The SMILES string of the molecule is NC=CCOCc1ncc[nH]1. The number of nitrogens with two attached hydrogens (primary N) is 1. The third-order valence-electron chi connectivity index (χ3n) is 1.14. The molecular formula is C7H11N3O. The van der Waals surface area contributed by atoms with E-state index in [9.17, 15) is 0 Å². The largest absolute Gasteiger partial charge is 0.405 e. The lowest BCUT2D eigenvalue weighted by Crippen LogP contribution is -1.95. The van der Waals surface area contributed by atoms with Crippen molar-refractivity contribution in [3.63, 3.8) is 0 Å². The fraction of sp³-hybridized carbons (Fsp3) is 0.286. The molecule has 1 aromatic rings. The van der Waals surface area contributed by atoms with Crippen LogP contribution in [0.4, 0.5) is 0 Å². The van der Waals surface area contributed by atoms with Gasteiger partial charge in [-0.15, -0.1) is 0 Å². The Morgan fingerprint density at radius 2 is 2.64 bits per heavy atom. The molecule has 0 aromatic carbocycles. The van der Waals surface area contributed by atoms with E-state index in [1.54, 1.807) is 18.5 Å². The Balaban J connectivity index is 2.14. The van der Waals surface area contributed by atoms with Crippen LogP contribution in [0.3, 0.4) is 0 Å². The third-order valence-corrected chi connectivity index (χ3v) is 1.14. The first kappa shape index (κ1) is 7.81. The second-order valence-corrected chi connectivity index (χ2v) is 1.98. The van der Waals surface area contributed by atoms with Crippen LogP contribution in [0, 0.1) is 0 Å². The fourth-order valence-electron chi connectivity index (χ4n) is 0.656. The summed E-state index contributed by atoms with van der Waals surface area (Å²) in [6, 6.07) is 0. The molecule has 0 aliphatic carbocycles. The number of aromatic amines is 1. The molecule has 1 aromatic heterocycles. The predicted molar refractivity (Wildman–Crippen MR) is 41.6 cm³/mol. The molecule has 0 amide bonds. The quantitative estimate of drug-likeness (QED) is 0.615. The summed E-state index contributed by atoms with van der Waals surface area (Å²) in [6.45, 7) is 1.02. The maximum atomic E-state index is 5.16.